The van der Waals surface area contributed by atoms with Crippen molar-refractivity contribution >= 4 is 19.8 Å². The SMILES string of the molecule is C[Si](C)(C)CN1CCC(C(=O)Nc2ccccn2)CC1. The van der Waals surface area contributed by atoms with E-state index in [1.807, 2.05) is 18.2 Å². The van der Waals surface area contributed by atoms with Gasteiger partial charge in [-0.15, -0.1) is 0 Å². The second-order valence-electron chi connectivity index (χ2n) is 6.82. The van der Waals surface area contributed by atoms with E-state index in [0.717, 1.165) is 25.9 Å². The van der Waals surface area contributed by atoms with Gasteiger partial charge < -0.3 is 10.2 Å². The molecule has 4 nitrogen and oxygen atoms in total. The molecule has 110 valence electrons. The van der Waals surface area contributed by atoms with Gasteiger partial charge in [0.2, 0.25) is 5.91 Å². The van der Waals surface area contributed by atoms with Gasteiger partial charge in [0.1, 0.15) is 5.82 Å². The molecule has 1 aromatic rings. The fourth-order valence-electron chi connectivity index (χ4n) is 2.69. The predicted octanol–water partition coefficient (Wildman–Crippen LogP) is 2.61. The highest BCUT2D eigenvalue weighted by Gasteiger charge is 2.27. The van der Waals surface area contributed by atoms with Crippen molar-refractivity contribution in [3.8, 4) is 0 Å². The minimum absolute atomic E-state index is 0.122. The topological polar surface area (TPSA) is 45.2 Å². The molecule has 0 unspecified atom stereocenters. The summed E-state index contributed by atoms with van der Waals surface area (Å²) in [6, 6.07) is 5.57. The zero-order chi connectivity index (χ0) is 14.6. The minimum atomic E-state index is -1.04. The Hall–Kier alpha value is -1.20. The van der Waals surface area contributed by atoms with Gasteiger partial charge in [-0.25, -0.2) is 4.98 Å². The molecule has 20 heavy (non-hydrogen) atoms. The number of rotatable bonds is 4. The first-order valence-electron chi connectivity index (χ1n) is 7.38. The Balaban J connectivity index is 1.80. The lowest BCUT2D eigenvalue weighted by molar-refractivity contribution is -0.121. The normalized spacial score (nSPS) is 17.9. The van der Waals surface area contributed by atoms with E-state index in [4.69, 9.17) is 0 Å². The molecular formula is C15H25N3OSi. The number of nitrogens with one attached hydrogen (secondary N) is 1. The first-order chi connectivity index (χ1) is 9.44. The number of likely N-dealkylation sites (tertiary alicyclic amines) is 1. The summed E-state index contributed by atoms with van der Waals surface area (Å²) in [7, 11) is -1.04. The molecular weight excluding hydrogens is 266 g/mol. The molecule has 0 spiro atoms. The van der Waals surface area contributed by atoms with Gasteiger partial charge in [0.05, 0.1) is 8.07 Å². The molecule has 1 aliphatic rings. The number of hydrogen-bond acceptors (Lipinski definition) is 3. The molecule has 0 saturated carbocycles. The molecule has 5 heteroatoms. The molecule has 1 aromatic heterocycles. The van der Waals surface area contributed by atoms with Crippen LogP contribution >= 0.6 is 0 Å². The van der Waals surface area contributed by atoms with E-state index in [0.29, 0.717) is 5.82 Å². The maximum Gasteiger partial charge on any atom is 0.228 e. The van der Waals surface area contributed by atoms with E-state index in [-0.39, 0.29) is 11.8 Å². The molecule has 0 radical (unpaired) electrons. The summed E-state index contributed by atoms with van der Waals surface area (Å²) < 4.78 is 0. The van der Waals surface area contributed by atoms with Crippen molar-refractivity contribution in [3.05, 3.63) is 24.4 Å². The fourth-order valence-corrected chi connectivity index (χ4v) is 4.35. The molecule has 1 fully saturated rings. The third-order valence-electron chi connectivity index (χ3n) is 3.57. The molecule has 1 amide bonds. The average Bonchev–Trinajstić information content (AvgIpc) is 2.39. The average molecular weight is 291 g/mol. The highest BCUT2D eigenvalue weighted by atomic mass is 28.3. The third kappa shape index (κ3) is 4.72. The van der Waals surface area contributed by atoms with Gasteiger partial charge in [-0.05, 0) is 44.2 Å². The number of hydrogen-bond donors (Lipinski definition) is 1. The van der Waals surface area contributed by atoms with Crippen LogP contribution in [0.2, 0.25) is 19.6 Å². The minimum Gasteiger partial charge on any atom is -0.310 e. The van der Waals surface area contributed by atoms with Crippen LogP contribution in [0.3, 0.4) is 0 Å². The summed E-state index contributed by atoms with van der Waals surface area (Å²) in [5, 5.41) is 2.91. The van der Waals surface area contributed by atoms with Crippen LogP contribution in [0.25, 0.3) is 0 Å². The summed E-state index contributed by atoms with van der Waals surface area (Å²) in [6.07, 6.45) is 4.86. The molecule has 1 saturated heterocycles. The molecule has 1 aliphatic heterocycles. The number of carbonyl (C=O) groups excluding carboxylic acids is 1. The molecule has 0 atom stereocenters. The summed E-state index contributed by atoms with van der Waals surface area (Å²) in [5.41, 5.74) is 0. The van der Waals surface area contributed by atoms with Crippen molar-refractivity contribution in [2.45, 2.75) is 32.5 Å². The summed E-state index contributed by atoms with van der Waals surface area (Å²) in [5.74, 6) is 0.910. The van der Waals surface area contributed by atoms with Crippen LogP contribution in [0.15, 0.2) is 24.4 Å². The Morgan fingerprint density at radius 3 is 2.60 bits per heavy atom. The van der Waals surface area contributed by atoms with Gasteiger partial charge in [0.15, 0.2) is 0 Å². The van der Waals surface area contributed by atoms with Crippen LogP contribution in [0.5, 0.6) is 0 Å². The monoisotopic (exact) mass is 291 g/mol. The van der Waals surface area contributed by atoms with E-state index in [9.17, 15) is 4.79 Å². The Bertz CT molecular complexity index is 436. The lowest BCUT2D eigenvalue weighted by Crippen LogP contribution is -2.45. The van der Waals surface area contributed by atoms with Crippen molar-refractivity contribution in [1.29, 1.82) is 0 Å². The number of amides is 1. The van der Waals surface area contributed by atoms with Crippen LogP contribution < -0.4 is 5.32 Å². The largest absolute Gasteiger partial charge is 0.310 e. The fraction of sp³-hybridized carbons (Fsp3) is 0.600. The lowest BCUT2D eigenvalue weighted by Gasteiger charge is -2.34. The Morgan fingerprint density at radius 1 is 1.35 bits per heavy atom. The molecule has 0 bridgehead atoms. The standard InChI is InChI=1S/C15H25N3OSi/c1-20(2,3)12-18-10-7-13(8-11-18)15(19)17-14-6-4-5-9-16-14/h4-6,9,13H,7-8,10-12H2,1-3H3,(H,16,17,19). The first kappa shape index (κ1) is 15.2. The van der Waals surface area contributed by atoms with E-state index in [2.05, 4.69) is 34.8 Å². The molecule has 2 heterocycles. The zero-order valence-corrected chi connectivity index (χ0v) is 13.7. The summed E-state index contributed by atoms with van der Waals surface area (Å²) >= 11 is 0. The highest BCUT2D eigenvalue weighted by molar-refractivity contribution is 6.76. The van der Waals surface area contributed by atoms with Gasteiger partial charge >= 0.3 is 0 Å². The van der Waals surface area contributed by atoms with Crippen LogP contribution in [0, 0.1) is 5.92 Å². The highest BCUT2D eigenvalue weighted by Crippen LogP contribution is 2.20. The molecule has 2 rings (SSSR count). The predicted molar refractivity (Wildman–Crippen MR) is 85.4 cm³/mol. The Morgan fingerprint density at radius 2 is 2.05 bits per heavy atom. The maximum absolute atomic E-state index is 12.2. The van der Waals surface area contributed by atoms with Crippen molar-refractivity contribution in [3.63, 3.8) is 0 Å². The van der Waals surface area contributed by atoms with E-state index >= 15 is 0 Å². The number of piperidine rings is 1. The lowest BCUT2D eigenvalue weighted by atomic mass is 9.96. The van der Waals surface area contributed by atoms with Crippen molar-refractivity contribution in [2.24, 2.45) is 5.92 Å². The molecule has 1 N–H and O–H groups in total. The number of pyridine rings is 1. The number of anilines is 1. The number of carbonyl (C=O) groups is 1. The number of aromatic nitrogens is 1. The summed E-state index contributed by atoms with van der Waals surface area (Å²) in [6.45, 7) is 9.28. The number of nitrogens with zero attached hydrogens (tertiary/aromatic N) is 2. The molecule has 0 aliphatic carbocycles. The first-order valence-corrected chi connectivity index (χ1v) is 11.1. The second kappa shape index (κ2) is 6.50. The van der Waals surface area contributed by atoms with Crippen molar-refractivity contribution in [1.82, 2.24) is 9.88 Å². The van der Waals surface area contributed by atoms with Crippen molar-refractivity contribution in [2.75, 3.05) is 24.6 Å². The quantitative estimate of drug-likeness (QED) is 0.867. The van der Waals surface area contributed by atoms with Gasteiger partial charge in [0, 0.05) is 12.1 Å². The molecule has 0 aromatic carbocycles. The van der Waals surface area contributed by atoms with Gasteiger partial charge in [0.25, 0.3) is 0 Å². The zero-order valence-electron chi connectivity index (χ0n) is 12.7. The van der Waals surface area contributed by atoms with Crippen molar-refractivity contribution < 1.29 is 4.79 Å². The Labute approximate surface area is 122 Å². The third-order valence-corrected chi connectivity index (χ3v) is 4.97. The van der Waals surface area contributed by atoms with Crippen LogP contribution in [0.4, 0.5) is 5.82 Å². The van der Waals surface area contributed by atoms with Crippen LogP contribution in [0.1, 0.15) is 12.8 Å². The van der Waals surface area contributed by atoms with Gasteiger partial charge in [-0.1, -0.05) is 25.7 Å². The summed E-state index contributed by atoms with van der Waals surface area (Å²) in [4.78, 5) is 18.9. The van der Waals surface area contributed by atoms with Gasteiger partial charge in [-0.3, -0.25) is 4.79 Å². The van der Waals surface area contributed by atoms with E-state index in [1.54, 1.807) is 6.20 Å². The van der Waals surface area contributed by atoms with E-state index in [1.165, 1.54) is 6.17 Å². The second-order valence-corrected chi connectivity index (χ2v) is 12.3. The smallest absolute Gasteiger partial charge is 0.228 e. The van der Waals surface area contributed by atoms with Crippen LogP contribution in [-0.2, 0) is 4.79 Å². The van der Waals surface area contributed by atoms with Gasteiger partial charge in [-0.2, -0.15) is 0 Å². The maximum atomic E-state index is 12.2. The van der Waals surface area contributed by atoms with Crippen LogP contribution in [-0.4, -0.2) is 43.1 Å². The Kier molecular flexibility index (Phi) is 4.94. The van der Waals surface area contributed by atoms with E-state index < -0.39 is 8.07 Å².